The van der Waals surface area contributed by atoms with Crippen molar-refractivity contribution in [3.8, 4) is 11.5 Å². The van der Waals surface area contributed by atoms with Crippen LogP contribution in [0.25, 0.3) is 0 Å². The molecule has 0 radical (unpaired) electrons. The van der Waals surface area contributed by atoms with Gasteiger partial charge in [0.2, 0.25) is 0 Å². The Balaban J connectivity index is 2.51. The summed E-state index contributed by atoms with van der Waals surface area (Å²) in [5, 5.41) is 0.466. The van der Waals surface area contributed by atoms with Gasteiger partial charge in [-0.25, -0.2) is 0 Å². The normalized spacial score (nSPS) is 12.3. The Hall–Kier alpha value is -1.13. The van der Waals surface area contributed by atoms with Crippen LogP contribution >= 0.6 is 27.5 Å². The lowest BCUT2D eigenvalue weighted by Gasteiger charge is -2.16. The molecule has 3 nitrogen and oxygen atoms in total. The summed E-state index contributed by atoms with van der Waals surface area (Å²) < 4.78 is 15.9. The van der Waals surface area contributed by atoms with Crippen molar-refractivity contribution in [2.45, 2.75) is 11.8 Å². The molecule has 0 N–H and O–H groups in total. The molecule has 0 saturated carbocycles. The van der Waals surface area contributed by atoms with Crippen LogP contribution in [0.15, 0.2) is 28.9 Å². The molecule has 1 heterocycles. The Morgan fingerprint density at radius 1 is 1.16 bits per heavy atom. The van der Waals surface area contributed by atoms with Crippen LogP contribution in [0.1, 0.15) is 21.7 Å². The first kappa shape index (κ1) is 14.3. The molecule has 1 unspecified atom stereocenters. The van der Waals surface area contributed by atoms with Crippen molar-refractivity contribution >= 4 is 27.5 Å². The van der Waals surface area contributed by atoms with Crippen molar-refractivity contribution in [3.63, 3.8) is 0 Å². The lowest BCUT2D eigenvalue weighted by molar-refractivity contribution is 0.392. The maximum absolute atomic E-state index is 6.27. The van der Waals surface area contributed by atoms with Gasteiger partial charge in [-0.3, -0.25) is 0 Å². The second-order valence-corrected chi connectivity index (χ2v) is 5.29. The van der Waals surface area contributed by atoms with Gasteiger partial charge in [-0.1, -0.05) is 33.6 Å². The molecule has 0 bridgehead atoms. The Kier molecular flexibility index (Phi) is 4.42. The Labute approximate surface area is 125 Å². The van der Waals surface area contributed by atoms with Crippen LogP contribution in [0.2, 0.25) is 5.02 Å². The predicted molar refractivity (Wildman–Crippen MR) is 78.8 cm³/mol. The summed E-state index contributed by atoms with van der Waals surface area (Å²) >= 11 is 9.92. The van der Waals surface area contributed by atoms with Crippen LogP contribution in [0.3, 0.4) is 0 Å². The van der Waals surface area contributed by atoms with Crippen LogP contribution in [-0.2, 0) is 0 Å². The topological polar surface area (TPSA) is 31.6 Å². The predicted octanol–water partition coefficient (Wildman–Crippen LogP) is 4.74. The summed E-state index contributed by atoms with van der Waals surface area (Å²) in [7, 11) is 3.16. The van der Waals surface area contributed by atoms with Gasteiger partial charge in [0, 0.05) is 11.1 Å². The number of aryl methyl sites for hydroxylation is 1. The molecule has 1 atom stereocenters. The highest BCUT2D eigenvalue weighted by molar-refractivity contribution is 9.09. The van der Waals surface area contributed by atoms with E-state index in [4.69, 9.17) is 25.5 Å². The average Bonchev–Trinajstić information content (AvgIpc) is 2.83. The van der Waals surface area contributed by atoms with E-state index in [0.29, 0.717) is 16.5 Å². The second-order valence-electron chi connectivity index (χ2n) is 4.00. The lowest BCUT2D eigenvalue weighted by Crippen LogP contribution is -1.99. The summed E-state index contributed by atoms with van der Waals surface area (Å²) in [6.45, 7) is 1.92. The van der Waals surface area contributed by atoms with Crippen molar-refractivity contribution in [2.24, 2.45) is 0 Å². The smallest absolute Gasteiger partial charge is 0.145 e. The largest absolute Gasteiger partial charge is 0.495 e. The number of halogens is 2. The molecule has 0 aliphatic carbocycles. The summed E-state index contributed by atoms with van der Waals surface area (Å²) in [6.07, 6.45) is 1.66. The number of furan rings is 1. The van der Waals surface area contributed by atoms with Gasteiger partial charge in [-0.15, -0.1) is 0 Å². The minimum absolute atomic E-state index is 0.0513. The average molecular weight is 346 g/mol. The fourth-order valence-corrected chi connectivity index (χ4v) is 3.10. The molecule has 0 amide bonds. The third-order valence-electron chi connectivity index (χ3n) is 2.96. The first-order valence-electron chi connectivity index (χ1n) is 5.68. The van der Waals surface area contributed by atoms with Crippen LogP contribution < -0.4 is 9.47 Å². The SMILES string of the molecule is COc1ccc(C(Br)c2ccoc2C)c(OC)c1Cl. The number of benzene rings is 1. The molecule has 5 heteroatoms. The zero-order chi connectivity index (χ0) is 14.0. The zero-order valence-electron chi connectivity index (χ0n) is 10.9. The molecule has 1 aromatic heterocycles. The number of alkyl halides is 1. The quantitative estimate of drug-likeness (QED) is 0.750. The first-order valence-corrected chi connectivity index (χ1v) is 6.98. The van der Waals surface area contributed by atoms with Gasteiger partial charge in [0.15, 0.2) is 0 Å². The Bertz CT molecular complexity index is 580. The van der Waals surface area contributed by atoms with Crippen molar-refractivity contribution in [3.05, 3.63) is 46.4 Å². The highest BCUT2D eigenvalue weighted by atomic mass is 79.9. The van der Waals surface area contributed by atoms with Crippen molar-refractivity contribution in [1.29, 1.82) is 0 Å². The van der Waals surface area contributed by atoms with E-state index in [9.17, 15) is 0 Å². The maximum atomic E-state index is 6.27. The number of methoxy groups -OCH3 is 2. The monoisotopic (exact) mass is 344 g/mol. The standard InChI is InChI=1S/C14H14BrClO3/c1-8-9(6-7-19-8)12(15)10-4-5-11(17-2)13(16)14(10)18-3/h4-7,12H,1-3H3. The van der Waals surface area contributed by atoms with E-state index in [-0.39, 0.29) is 4.83 Å². The fourth-order valence-electron chi connectivity index (χ4n) is 1.94. The minimum atomic E-state index is -0.0513. The Morgan fingerprint density at radius 2 is 1.89 bits per heavy atom. The lowest BCUT2D eigenvalue weighted by atomic mass is 10.0. The van der Waals surface area contributed by atoms with Crippen LogP contribution in [0, 0.1) is 6.92 Å². The van der Waals surface area contributed by atoms with E-state index in [0.717, 1.165) is 16.9 Å². The van der Waals surface area contributed by atoms with E-state index in [1.54, 1.807) is 20.5 Å². The molecule has 0 saturated heterocycles. The second kappa shape index (κ2) is 5.88. The first-order chi connectivity index (χ1) is 9.10. The van der Waals surface area contributed by atoms with Gasteiger partial charge >= 0.3 is 0 Å². The summed E-state index contributed by atoms with van der Waals surface area (Å²) in [5.41, 5.74) is 1.97. The van der Waals surface area contributed by atoms with Crippen LogP contribution in [0.5, 0.6) is 11.5 Å². The van der Waals surface area contributed by atoms with E-state index in [1.807, 2.05) is 25.1 Å². The fraction of sp³-hybridized carbons (Fsp3) is 0.286. The highest BCUT2D eigenvalue weighted by Gasteiger charge is 2.22. The van der Waals surface area contributed by atoms with Gasteiger partial charge in [0.05, 0.1) is 25.3 Å². The third kappa shape index (κ3) is 2.60. The zero-order valence-corrected chi connectivity index (χ0v) is 13.2. The van der Waals surface area contributed by atoms with E-state index in [2.05, 4.69) is 15.9 Å². The molecular weight excluding hydrogens is 332 g/mol. The van der Waals surface area contributed by atoms with Crippen molar-refractivity contribution in [1.82, 2.24) is 0 Å². The number of hydrogen-bond acceptors (Lipinski definition) is 3. The third-order valence-corrected chi connectivity index (χ3v) is 4.31. The van der Waals surface area contributed by atoms with E-state index >= 15 is 0 Å². The summed E-state index contributed by atoms with van der Waals surface area (Å²) in [4.78, 5) is -0.0513. The van der Waals surface area contributed by atoms with E-state index in [1.165, 1.54) is 0 Å². The van der Waals surface area contributed by atoms with Crippen LogP contribution in [0.4, 0.5) is 0 Å². The maximum Gasteiger partial charge on any atom is 0.145 e. The van der Waals surface area contributed by atoms with Crippen molar-refractivity contribution in [2.75, 3.05) is 14.2 Å². The van der Waals surface area contributed by atoms with Gasteiger partial charge in [0.1, 0.15) is 22.3 Å². The Morgan fingerprint density at radius 3 is 2.42 bits per heavy atom. The summed E-state index contributed by atoms with van der Waals surface area (Å²) in [5.74, 6) is 2.05. The molecule has 0 aliphatic rings. The van der Waals surface area contributed by atoms with Gasteiger partial charge in [0.25, 0.3) is 0 Å². The minimum Gasteiger partial charge on any atom is -0.495 e. The van der Waals surface area contributed by atoms with E-state index < -0.39 is 0 Å². The van der Waals surface area contributed by atoms with Gasteiger partial charge in [-0.05, 0) is 19.1 Å². The molecule has 19 heavy (non-hydrogen) atoms. The molecule has 0 aliphatic heterocycles. The molecule has 2 aromatic rings. The highest BCUT2D eigenvalue weighted by Crippen LogP contribution is 2.44. The van der Waals surface area contributed by atoms with Crippen molar-refractivity contribution < 1.29 is 13.9 Å². The molecule has 2 rings (SSSR count). The molecular formula is C14H14BrClO3. The number of hydrogen-bond donors (Lipinski definition) is 0. The molecule has 1 aromatic carbocycles. The molecule has 0 fully saturated rings. The molecule has 0 spiro atoms. The molecule has 102 valence electrons. The number of rotatable bonds is 4. The van der Waals surface area contributed by atoms with Crippen LogP contribution in [-0.4, -0.2) is 14.2 Å². The number of ether oxygens (including phenoxy) is 2. The van der Waals surface area contributed by atoms with Gasteiger partial charge in [-0.2, -0.15) is 0 Å². The van der Waals surface area contributed by atoms with Gasteiger partial charge < -0.3 is 13.9 Å². The summed E-state index contributed by atoms with van der Waals surface area (Å²) in [6, 6.07) is 5.67.